The van der Waals surface area contributed by atoms with Crippen LogP contribution in [0.2, 0.25) is 0 Å². The fourth-order valence-electron chi connectivity index (χ4n) is 2.39. The number of nitrogens with zero attached hydrogens (tertiary/aromatic N) is 1. The Morgan fingerprint density at radius 3 is 1.88 bits per heavy atom. The van der Waals surface area contributed by atoms with Crippen molar-refractivity contribution in [3.63, 3.8) is 0 Å². The maximum atomic E-state index is 12.4. The second-order valence-electron chi connectivity index (χ2n) is 4.95. The van der Waals surface area contributed by atoms with Gasteiger partial charge in [0.05, 0.1) is 11.1 Å². The zero-order valence-electron chi connectivity index (χ0n) is 11.7. The third-order valence-electron chi connectivity index (χ3n) is 3.22. The standard InChI is InChI=1S/C13H9NO8S2/c15-12-9-5-1-3-8-4-2-6-10(11(8)9)13(16)14(12)22-24(20,21)7-23(17,18)19/h1-6H,7H2,(H,17,18,19). The summed E-state index contributed by atoms with van der Waals surface area (Å²) in [5.74, 6) is -2.11. The summed E-state index contributed by atoms with van der Waals surface area (Å²) >= 11 is 0. The number of carbonyl (C=O) groups is 2. The van der Waals surface area contributed by atoms with E-state index in [1.165, 1.54) is 12.1 Å². The molecule has 126 valence electrons. The van der Waals surface area contributed by atoms with E-state index in [0.717, 1.165) is 0 Å². The minimum absolute atomic E-state index is 0.0301. The lowest BCUT2D eigenvalue weighted by Gasteiger charge is -2.24. The van der Waals surface area contributed by atoms with Gasteiger partial charge < -0.3 is 0 Å². The summed E-state index contributed by atoms with van der Waals surface area (Å²) in [6.07, 6.45) is 0. The van der Waals surface area contributed by atoms with E-state index in [1.807, 2.05) is 0 Å². The zero-order chi connectivity index (χ0) is 17.7. The van der Waals surface area contributed by atoms with Crippen molar-refractivity contribution in [2.75, 3.05) is 5.08 Å². The lowest BCUT2D eigenvalue weighted by atomic mass is 9.95. The highest BCUT2D eigenvalue weighted by molar-refractivity contribution is 8.03. The predicted octanol–water partition coefficient (Wildman–Crippen LogP) is 0.542. The van der Waals surface area contributed by atoms with Gasteiger partial charge in [0.25, 0.3) is 21.9 Å². The molecule has 24 heavy (non-hydrogen) atoms. The second-order valence-corrected chi connectivity index (χ2v) is 8.32. The van der Waals surface area contributed by atoms with Gasteiger partial charge in [-0.1, -0.05) is 24.3 Å². The Hall–Kier alpha value is -2.34. The normalized spacial score (nSPS) is 15.1. The zero-order valence-corrected chi connectivity index (χ0v) is 13.4. The van der Waals surface area contributed by atoms with E-state index in [1.54, 1.807) is 24.3 Å². The summed E-state index contributed by atoms with van der Waals surface area (Å²) in [6.45, 7) is 0. The fraction of sp³-hybridized carbons (Fsp3) is 0.0769. The Morgan fingerprint density at radius 1 is 0.917 bits per heavy atom. The van der Waals surface area contributed by atoms with Gasteiger partial charge in [0.15, 0.2) is 0 Å². The van der Waals surface area contributed by atoms with Gasteiger partial charge in [-0.15, -0.1) is 9.35 Å². The minimum atomic E-state index is -4.93. The number of hydrogen-bond donors (Lipinski definition) is 1. The van der Waals surface area contributed by atoms with Crippen LogP contribution in [0.4, 0.5) is 0 Å². The van der Waals surface area contributed by atoms with Gasteiger partial charge in [0.2, 0.25) is 5.08 Å². The summed E-state index contributed by atoms with van der Waals surface area (Å²) in [4.78, 5) is 24.7. The van der Waals surface area contributed by atoms with Crippen LogP contribution in [-0.2, 0) is 24.5 Å². The highest BCUT2D eigenvalue weighted by Crippen LogP contribution is 2.30. The molecule has 0 unspecified atom stereocenters. The first-order chi connectivity index (χ1) is 11.1. The van der Waals surface area contributed by atoms with Crippen LogP contribution < -0.4 is 0 Å². The topological polar surface area (TPSA) is 135 Å². The lowest BCUT2D eigenvalue weighted by molar-refractivity contribution is -0.0152. The number of amides is 2. The first kappa shape index (κ1) is 16.5. The molecule has 1 aliphatic heterocycles. The van der Waals surface area contributed by atoms with E-state index in [0.29, 0.717) is 10.8 Å². The molecule has 11 heteroatoms. The maximum absolute atomic E-state index is 12.4. The van der Waals surface area contributed by atoms with Crippen molar-refractivity contribution in [1.82, 2.24) is 5.06 Å². The maximum Gasteiger partial charge on any atom is 0.305 e. The first-order valence-electron chi connectivity index (χ1n) is 6.37. The molecule has 2 aromatic rings. The molecule has 0 aromatic heterocycles. The molecule has 0 atom stereocenters. The van der Waals surface area contributed by atoms with Crippen molar-refractivity contribution >= 4 is 42.8 Å². The summed E-state index contributed by atoms with van der Waals surface area (Å²) in [5, 5.41) is -0.866. The third kappa shape index (κ3) is 2.89. The average Bonchev–Trinajstić information content (AvgIpc) is 2.46. The Morgan fingerprint density at radius 2 is 1.42 bits per heavy atom. The molecule has 0 radical (unpaired) electrons. The molecule has 0 spiro atoms. The fourth-order valence-corrected chi connectivity index (χ4v) is 4.39. The molecule has 0 saturated heterocycles. The Kier molecular flexibility index (Phi) is 3.68. The summed E-state index contributed by atoms with van der Waals surface area (Å²) in [6, 6.07) is 9.20. The molecule has 2 aromatic carbocycles. The Balaban J connectivity index is 2.08. The molecule has 2 amide bonds. The number of imide groups is 1. The number of benzene rings is 2. The van der Waals surface area contributed by atoms with Crippen molar-refractivity contribution in [2.24, 2.45) is 0 Å². The van der Waals surface area contributed by atoms with Crippen molar-refractivity contribution in [2.45, 2.75) is 0 Å². The van der Waals surface area contributed by atoms with Gasteiger partial charge >= 0.3 is 10.1 Å². The van der Waals surface area contributed by atoms with Gasteiger partial charge in [-0.3, -0.25) is 14.1 Å². The molecule has 1 aliphatic rings. The smallest absolute Gasteiger partial charge is 0.285 e. The average molecular weight is 371 g/mol. The molecular weight excluding hydrogens is 362 g/mol. The van der Waals surface area contributed by atoms with E-state index in [4.69, 9.17) is 4.55 Å². The monoisotopic (exact) mass is 371 g/mol. The quantitative estimate of drug-likeness (QED) is 0.608. The van der Waals surface area contributed by atoms with E-state index in [-0.39, 0.29) is 16.2 Å². The van der Waals surface area contributed by atoms with E-state index in [9.17, 15) is 26.4 Å². The van der Waals surface area contributed by atoms with E-state index < -0.39 is 37.1 Å². The van der Waals surface area contributed by atoms with Crippen LogP contribution in [-0.4, -0.2) is 43.4 Å². The molecular formula is C13H9NO8S2. The van der Waals surface area contributed by atoms with Crippen LogP contribution in [0.25, 0.3) is 10.8 Å². The van der Waals surface area contributed by atoms with Crippen LogP contribution in [0.1, 0.15) is 20.7 Å². The third-order valence-corrected chi connectivity index (χ3v) is 5.94. The molecule has 0 bridgehead atoms. The van der Waals surface area contributed by atoms with E-state index in [2.05, 4.69) is 4.28 Å². The summed E-state index contributed by atoms with van der Waals surface area (Å²) < 4.78 is 57.7. The van der Waals surface area contributed by atoms with Crippen molar-refractivity contribution in [3.05, 3.63) is 47.5 Å². The van der Waals surface area contributed by atoms with Crippen molar-refractivity contribution in [1.29, 1.82) is 0 Å². The van der Waals surface area contributed by atoms with Crippen LogP contribution in [0.5, 0.6) is 0 Å². The molecule has 0 saturated carbocycles. The van der Waals surface area contributed by atoms with Gasteiger partial charge in [-0.2, -0.15) is 16.8 Å². The van der Waals surface area contributed by atoms with Crippen molar-refractivity contribution in [3.8, 4) is 0 Å². The summed E-state index contributed by atoms with van der Waals surface area (Å²) in [7, 11) is -9.86. The Bertz CT molecular complexity index is 1040. The van der Waals surface area contributed by atoms with Gasteiger partial charge in [-0.25, -0.2) is 0 Å². The van der Waals surface area contributed by atoms with Gasteiger partial charge in [-0.05, 0) is 17.5 Å². The second kappa shape index (κ2) is 5.34. The molecule has 1 N–H and O–H groups in total. The number of hydrogen-bond acceptors (Lipinski definition) is 7. The lowest BCUT2D eigenvalue weighted by Crippen LogP contribution is -2.42. The van der Waals surface area contributed by atoms with Crippen LogP contribution in [0, 0.1) is 0 Å². The molecule has 0 aliphatic carbocycles. The number of hydroxylamine groups is 2. The number of carbonyl (C=O) groups excluding carboxylic acids is 2. The van der Waals surface area contributed by atoms with Crippen LogP contribution in [0.15, 0.2) is 36.4 Å². The largest absolute Gasteiger partial charge is 0.305 e. The number of rotatable bonds is 4. The minimum Gasteiger partial charge on any atom is -0.285 e. The Labute approximate surface area is 136 Å². The first-order valence-corrected chi connectivity index (χ1v) is 9.56. The highest BCUT2D eigenvalue weighted by Gasteiger charge is 2.38. The summed E-state index contributed by atoms with van der Waals surface area (Å²) in [5.41, 5.74) is 0.0644. The van der Waals surface area contributed by atoms with Gasteiger partial charge in [0, 0.05) is 5.39 Å². The molecule has 9 nitrogen and oxygen atoms in total. The molecule has 3 rings (SSSR count). The van der Waals surface area contributed by atoms with E-state index >= 15 is 0 Å². The molecule has 1 heterocycles. The van der Waals surface area contributed by atoms with Gasteiger partial charge in [0.1, 0.15) is 0 Å². The van der Waals surface area contributed by atoms with Crippen LogP contribution >= 0.6 is 0 Å². The highest BCUT2D eigenvalue weighted by atomic mass is 32.3. The SMILES string of the molecule is O=C1c2cccc3cccc(c23)C(=O)N1OS(=O)(=O)CS(=O)(=O)O. The van der Waals surface area contributed by atoms with Crippen LogP contribution in [0.3, 0.4) is 0 Å². The molecule has 0 fully saturated rings. The van der Waals surface area contributed by atoms with Crippen molar-refractivity contribution < 1.29 is 35.3 Å². The predicted molar refractivity (Wildman–Crippen MR) is 80.9 cm³/mol.